The fourth-order valence-electron chi connectivity index (χ4n) is 14.8. The van der Waals surface area contributed by atoms with Crippen LogP contribution in [0.5, 0.6) is 0 Å². The zero-order valence-electron chi connectivity index (χ0n) is 65.7. The number of nitrogens with one attached hydrogen (secondary N) is 4. The zero-order chi connectivity index (χ0) is 85.3. The summed E-state index contributed by atoms with van der Waals surface area (Å²) >= 11 is 39.0. The van der Waals surface area contributed by atoms with Crippen LogP contribution in [0.15, 0.2) is 212 Å². The van der Waals surface area contributed by atoms with Crippen LogP contribution in [0.25, 0.3) is 0 Å². The van der Waals surface area contributed by atoms with E-state index in [0.29, 0.717) is 132 Å². The van der Waals surface area contributed by atoms with E-state index in [1.807, 2.05) is 96.8 Å². The van der Waals surface area contributed by atoms with Gasteiger partial charge in [0.25, 0.3) is 54.4 Å². The third-order valence-corrected chi connectivity index (χ3v) is 29.8. The number of H-pyrrole nitrogens is 1. The lowest BCUT2D eigenvalue weighted by atomic mass is 9.94. The van der Waals surface area contributed by atoms with Crippen molar-refractivity contribution in [3.05, 3.63) is 275 Å². The average molecular weight is 1810 g/mol. The van der Waals surface area contributed by atoms with Crippen molar-refractivity contribution >= 4 is 162 Å². The summed E-state index contributed by atoms with van der Waals surface area (Å²) in [5, 5.41) is 11.6. The molecule has 4 N–H and O–H groups in total. The topological polar surface area (TPSA) is 301 Å². The smallest absolute Gasteiger partial charge is 0.283 e. The third kappa shape index (κ3) is 18.1. The molecular formula is C81H88Cl7N15O12S3. The van der Waals surface area contributed by atoms with Gasteiger partial charge >= 0.3 is 0 Å². The van der Waals surface area contributed by atoms with Gasteiger partial charge in [-0.2, -0.15) is 0 Å². The molecule has 0 radical (unpaired) electrons. The van der Waals surface area contributed by atoms with E-state index >= 15 is 0 Å². The molecule has 3 fully saturated rings. The Labute approximate surface area is 718 Å². The van der Waals surface area contributed by atoms with E-state index in [4.69, 9.17) is 80.3 Å². The highest BCUT2D eigenvalue weighted by Gasteiger charge is 2.44. The number of nitrogens with zero attached hydrogens (tertiary/aromatic N) is 11. The number of aromatic nitrogens is 6. The third-order valence-electron chi connectivity index (χ3n) is 21.1. The van der Waals surface area contributed by atoms with Crippen molar-refractivity contribution in [2.75, 3.05) is 109 Å². The maximum absolute atomic E-state index is 14.2. The Balaban J connectivity index is 0.000000157. The Hall–Kier alpha value is -9.34. The molecule has 118 heavy (non-hydrogen) atoms. The van der Waals surface area contributed by atoms with Crippen molar-refractivity contribution in [1.82, 2.24) is 42.0 Å². The van der Waals surface area contributed by atoms with Gasteiger partial charge in [0.05, 0.1) is 62.6 Å². The molecule has 9 heterocycles. The van der Waals surface area contributed by atoms with Gasteiger partial charge in [-0.3, -0.25) is 38.5 Å². The summed E-state index contributed by atoms with van der Waals surface area (Å²) < 4.78 is 79.5. The second-order valence-corrected chi connectivity index (χ2v) is 39.6. The van der Waals surface area contributed by atoms with Crippen LogP contribution in [0.1, 0.15) is 97.1 Å². The highest BCUT2D eigenvalue weighted by atomic mass is 35.7. The van der Waals surface area contributed by atoms with Crippen LogP contribution in [0.2, 0.25) is 30.1 Å². The van der Waals surface area contributed by atoms with E-state index in [1.165, 1.54) is 69.1 Å². The minimum atomic E-state index is -4.10. The first-order valence-electron chi connectivity index (χ1n) is 37.9. The van der Waals surface area contributed by atoms with Crippen LogP contribution in [-0.4, -0.2) is 179 Å². The molecule has 27 nitrogen and oxygen atoms in total. The molecule has 3 amide bonds. The van der Waals surface area contributed by atoms with Crippen molar-refractivity contribution in [2.45, 2.75) is 96.2 Å². The predicted octanol–water partition coefficient (Wildman–Crippen LogP) is 13.4. The van der Waals surface area contributed by atoms with E-state index in [1.54, 1.807) is 76.9 Å². The molecule has 6 aliphatic rings. The van der Waals surface area contributed by atoms with E-state index in [2.05, 4.69) is 47.9 Å². The average Bonchev–Trinajstić information content (AvgIpc) is 1.26. The number of benzene rings is 6. The molecule has 0 aliphatic carbocycles. The number of hydrogen-bond acceptors (Lipinski definition) is 18. The number of carbonyl (C=O) groups excluding carboxylic acids is 3. The van der Waals surface area contributed by atoms with Crippen LogP contribution in [-0.2, 0) is 43.5 Å². The van der Waals surface area contributed by atoms with Crippen LogP contribution < -0.4 is 47.3 Å². The van der Waals surface area contributed by atoms with Crippen LogP contribution in [0.4, 0.5) is 34.5 Å². The molecular weight excluding hydrogens is 1720 g/mol. The van der Waals surface area contributed by atoms with E-state index in [9.17, 15) is 54.0 Å². The van der Waals surface area contributed by atoms with Gasteiger partial charge < -0.3 is 45.3 Å². The number of amides is 3. The van der Waals surface area contributed by atoms with Crippen molar-refractivity contribution in [3.63, 3.8) is 0 Å². The number of aromatic amines is 1. The van der Waals surface area contributed by atoms with Crippen LogP contribution in [0.3, 0.4) is 0 Å². The Kier molecular flexibility index (Phi) is 27.1. The number of anilines is 6. The molecule has 37 heteroatoms. The monoisotopic (exact) mass is 1800 g/mol. The molecule has 0 saturated carbocycles. The van der Waals surface area contributed by atoms with Gasteiger partial charge in [0.15, 0.2) is 0 Å². The standard InChI is InChI=1S/2C27H29Cl2N5O4S.C24H23Cl2N5O2.C3H7ClO2S/c2*1-17(2)39(37,38)34-23(35)16-22-30-18(3)24(26(33(22)34)20-10-7-11-21(28)25(20)29)27(36)32-14-12-31(13-15-32)19-8-5-4-6-9-19;1-15-21(24(33)30-12-10-29(11-13-30)16-6-3-2-4-7-16)23(17-8-5-9-18(25)22(17)26)31-19(27-15)14-20(32)28-31;1-3(2)7(4,5)6/h2*4-11,16-17,26,30H,12-15H2,1-3H3;2-9,14,23,27H,10-13H2,1H3,(H,28,32);3H,1-2H3. The predicted molar refractivity (Wildman–Crippen MR) is 470 cm³/mol. The summed E-state index contributed by atoms with van der Waals surface area (Å²) in [6, 6.07) is 46.8. The van der Waals surface area contributed by atoms with Gasteiger partial charge in [0.2, 0.25) is 9.05 Å². The summed E-state index contributed by atoms with van der Waals surface area (Å²) in [5.41, 5.74) is 5.91. The first-order chi connectivity index (χ1) is 55.9. The zero-order valence-corrected chi connectivity index (χ0v) is 73.5. The molecule has 6 aromatic carbocycles. The Morgan fingerprint density at radius 3 is 0.941 bits per heavy atom. The molecule has 0 spiro atoms. The quantitative estimate of drug-likeness (QED) is 0.0735. The summed E-state index contributed by atoms with van der Waals surface area (Å²) in [4.78, 5) is 92.6. The first-order valence-corrected chi connectivity index (χ1v) is 45.5. The highest BCUT2D eigenvalue weighted by molar-refractivity contribution is 8.14. The summed E-state index contributed by atoms with van der Waals surface area (Å²) in [6.45, 7) is 21.5. The lowest BCUT2D eigenvalue weighted by molar-refractivity contribution is -0.128. The molecule has 6 aliphatic heterocycles. The molecule has 3 aromatic heterocycles. The van der Waals surface area contributed by atoms with Crippen molar-refractivity contribution in [1.29, 1.82) is 0 Å². The largest absolute Gasteiger partial charge is 0.368 e. The minimum Gasteiger partial charge on any atom is -0.368 e. The Morgan fingerprint density at radius 2 is 0.653 bits per heavy atom. The van der Waals surface area contributed by atoms with E-state index < -0.39 is 74.1 Å². The molecule has 3 saturated heterocycles. The number of fused-ring (bicyclic) bond motifs is 3. The van der Waals surface area contributed by atoms with Gasteiger partial charge in [-0.15, -0.1) is 8.17 Å². The second kappa shape index (κ2) is 36.3. The van der Waals surface area contributed by atoms with E-state index in [0.717, 1.165) is 38.3 Å². The lowest BCUT2D eigenvalue weighted by Crippen LogP contribution is -2.50. The molecule has 3 unspecified atom stereocenters. The number of carbonyl (C=O) groups is 3. The van der Waals surface area contributed by atoms with Gasteiger partial charge in [-0.25, -0.2) is 34.6 Å². The van der Waals surface area contributed by atoms with Crippen molar-refractivity contribution < 1.29 is 39.6 Å². The molecule has 0 bridgehead atoms. The van der Waals surface area contributed by atoms with Crippen molar-refractivity contribution in [3.8, 4) is 0 Å². The fraction of sp³-hybridized carbons (Fsp3) is 0.333. The van der Waals surface area contributed by atoms with Crippen LogP contribution >= 0.6 is 80.3 Å². The van der Waals surface area contributed by atoms with Gasteiger partial charge in [-0.05, 0) is 117 Å². The minimum absolute atomic E-state index is 0.0889. The maximum atomic E-state index is 14.2. The summed E-state index contributed by atoms with van der Waals surface area (Å²) in [5.74, 6) is 0.433. The van der Waals surface area contributed by atoms with Gasteiger partial charge in [-0.1, -0.05) is 161 Å². The van der Waals surface area contributed by atoms with Crippen molar-refractivity contribution in [2.24, 2.45) is 0 Å². The lowest BCUT2D eigenvalue weighted by Gasteiger charge is -2.39. The SMILES string of the molecule is CC(C)S(=O)(=O)Cl.CC1=C(C(=O)N2CCN(c3ccccc3)CC2)C(c2cccc(Cl)c2Cl)n2[nH]c(=O)cc2N1.CC1=C(C(=O)N2CCN(c3ccccc3)CC2)C(c2cccc(Cl)c2Cl)n2c(cc(=O)n2S(=O)(=O)C(C)C)N1.CC1=C(C(=O)N2CCN(c3ccccc3)CC2)C(c2cccc(Cl)c2Cl)n2c(cc(=O)n2S(=O)(=O)C(C)C)N1. The molecule has 15 rings (SSSR count). The van der Waals surface area contributed by atoms with Gasteiger partial charge in [0.1, 0.15) is 35.6 Å². The fourth-order valence-corrected chi connectivity index (χ4v) is 18.2. The Bertz CT molecular complexity index is 5720. The summed E-state index contributed by atoms with van der Waals surface area (Å²) in [6.07, 6.45) is 0. The number of halogens is 7. The number of rotatable bonds is 14. The number of para-hydroxylation sites is 3. The number of piperazine rings is 3. The number of allylic oxidation sites excluding steroid dienone is 3. The number of hydrogen-bond donors (Lipinski definition) is 4. The Morgan fingerprint density at radius 1 is 0.373 bits per heavy atom. The normalized spacial score (nSPS) is 17.6. The second-order valence-electron chi connectivity index (χ2n) is 29.5. The highest BCUT2D eigenvalue weighted by Crippen LogP contribution is 2.46. The molecule has 3 atom stereocenters. The molecule has 626 valence electrons. The summed E-state index contributed by atoms with van der Waals surface area (Å²) in [7, 11) is -6.63. The van der Waals surface area contributed by atoms with Crippen LogP contribution in [0, 0.1) is 0 Å². The first kappa shape index (κ1) is 88.0. The maximum Gasteiger partial charge on any atom is 0.283 e. The van der Waals surface area contributed by atoms with E-state index in [-0.39, 0.29) is 55.0 Å². The molecule has 9 aromatic rings. The van der Waals surface area contributed by atoms with Gasteiger partial charge in [0, 0.05) is 158 Å².